The fraction of sp³-hybridized carbons (Fsp3) is 0.600. The van der Waals surface area contributed by atoms with Crippen LogP contribution in [0.2, 0.25) is 0 Å². The summed E-state index contributed by atoms with van der Waals surface area (Å²) in [5.41, 5.74) is 0.171. The summed E-state index contributed by atoms with van der Waals surface area (Å²) in [7, 11) is -3.49. The molecule has 0 bridgehead atoms. The van der Waals surface area contributed by atoms with Crippen molar-refractivity contribution >= 4 is 38.9 Å². The number of carbonyl (C=O) groups is 2. The molecule has 9 heteroatoms. The first kappa shape index (κ1) is 18.7. The van der Waals surface area contributed by atoms with Crippen LogP contribution in [0.15, 0.2) is 11.4 Å². The van der Waals surface area contributed by atoms with Crippen LogP contribution in [0.25, 0.3) is 0 Å². The van der Waals surface area contributed by atoms with E-state index in [1.165, 1.54) is 6.07 Å². The Morgan fingerprint density at radius 1 is 1.42 bits per heavy atom. The van der Waals surface area contributed by atoms with Crippen LogP contribution >= 0.6 is 11.3 Å². The maximum Gasteiger partial charge on any atom is 0.350 e. The summed E-state index contributed by atoms with van der Waals surface area (Å²) in [5.74, 6) is -0.904. The average Bonchev–Trinajstić information content (AvgIpc) is 2.98. The molecular formula is C15H22N2O5S2. The summed E-state index contributed by atoms with van der Waals surface area (Å²) >= 11 is 1.06. The Bertz CT molecular complexity index is 698. The minimum Gasteiger partial charge on any atom is -0.451 e. The summed E-state index contributed by atoms with van der Waals surface area (Å²) in [4.78, 5) is 26.3. The number of hydrogen-bond donors (Lipinski definition) is 1. The summed E-state index contributed by atoms with van der Waals surface area (Å²) in [6.07, 6.45) is 4.93. The van der Waals surface area contributed by atoms with Crippen molar-refractivity contribution in [3.8, 4) is 0 Å². The first-order valence-corrected chi connectivity index (χ1v) is 10.6. The van der Waals surface area contributed by atoms with Crippen molar-refractivity contribution in [2.75, 3.05) is 24.1 Å². The Kier molecular flexibility index (Phi) is 6.22. The first-order valence-electron chi connectivity index (χ1n) is 7.83. The molecule has 2 heterocycles. The zero-order valence-corrected chi connectivity index (χ0v) is 15.4. The van der Waals surface area contributed by atoms with Crippen molar-refractivity contribution in [3.05, 3.63) is 16.3 Å². The third-order valence-corrected chi connectivity index (χ3v) is 5.38. The van der Waals surface area contributed by atoms with Crippen LogP contribution in [0.3, 0.4) is 0 Å². The number of nitrogens with zero attached hydrogens (tertiary/aromatic N) is 1. The number of esters is 1. The molecule has 24 heavy (non-hydrogen) atoms. The van der Waals surface area contributed by atoms with Crippen LogP contribution in [0.4, 0.5) is 5.69 Å². The maximum atomic E-state index is 12.3. The molecule has 0 aromatic carbocycles. The Morgan fingerprint density at radius 2 is 2.17 bits per heavy atom. The Labute approximate surface area is 146 Å². The van der Waals surface area contributed by atoms with Gasteiger partial charge in [-0.15, -0.1) is 11.3 Å². The molecule has 1 saturated heterocycles. The lowest BCUT2D eigenvalue weighted by Crippen LogP contribution is -2.45. The fourth-order valence-electron chi connectivity index (χ4n) is 2.78. The zero-order chi connectivity index (χ0) is 17.7. The number of piperidine rings is 1. The number of rotatable bonds is 6. The monoisotopic (exact) mass is 374 g/mol. The zero-order valence-electron chi connectivity index (χ0n) is 13.8. The molecule has 1 aromatic rings. The van der Waals surface area contributed by atoms with Gasteiger partial charge in [0.15, 0.2) is 6.61 Å². The average molecular weight is 374 g/mol. The predicted molar refractivity (Wildman–Crippen MR) is 92.7 cm³/mol. The van der Waals surface area contributed by atoms with Gasteiger partial charge in [-0.05, 0) is 37.1 Å². The SMILES string of the molecule is CCC1CCCCN1C(=O)COC(=O)c1sccc1NS(C)(=O)=O. The molecule has 0 saturated carbocycles. The summed E-state index contributed by atoms with van der Waals surface area (Å²) in [5, 5.41) is 1.59. The van der Waals surface area contributed by atoms with E-state index >= 15 is 0 Å². The molecule has 1 amide bonds. The molecule has 1 fully saturated rings. The number of sulfonamides is 1. The van der Waals surface area contributed by atoms with E-state index in [0.29, 0.717) is 6.54 Å². The maximum absolute atomic E-state index is 12.3. The van der Waals surface area contributed by atoms with E-state index in [1.54, 1.807) is 10.3 Å². The van der Waals surface area contributed by atoms with E-state index in [0.717, 1.165) is 43.3 Å². The van der Waals surface area contributed by atoms with Gasteiger partial charge in [0.25, 0.3) is 5.91 Å². The van der Waals surface area contributed by atoms with Crippen LogP contribution < -0.4 is 4.72 Å². The molecule has 1 aliphatic rings. The molecule has 1 atom stereocenters. The Balaban J connectivity index is 1.96. The second kappa shape index (κ2) is 7.98. The van der Waals surface area contributed by atoms with Gasteiger partial charge in [0.2, 0.25) is 10.0 Å². The van der Waals surface area contributed by atoms with Gasteiger partial charge in [0, 0.05) is 12.6 Å². The van der Waals surface area contributed by atoms with Gasteiger partial charge in [-0.25, -0.2) is 13.2 Å². The minimum absolute atomic E-state index is 0.138. The number of hydrogen-bond acceptors (Lipinski definition) is 6. The Morgan fingerprint density at radius 3 is 2.83 bits per heavy atom. The van der Waals surface area contributed by atoms with Crippen LogP contribution in [0.5, 0.6) is 0 Å². The van der Waals surface area contributed by atoms with Crippen molar-refractivity contribution in [3.63, 3.8) is 0 Å². The van der Waals surface area contributed by atoms with Gasteiger partial charge in [-0.1, -0.05) is 6.92 Å². The highest BCUT2D eigenvalue weighted by atomic mass is 32.2. The number of carbonyl (C=O) groups excluding carboxylic acids is 2. The fourth-order valence-corrected chi connectivity index (χ4v) is 4.15. The van der Waals surface area contributed by atoms with Crippen molar-refractivity contribution in [2.45, 2.75) is 38.6 Å². The molecular weight excluding hydrogens is 352 g/mol. The van der Waals surface area contributed by atoms with E-state index in [9.17, 15) is 18.0 Å². The summed E-state index contributed by atoms with van der Waals surface area (Å²) in [6.45, 7) is 2.40. The van der Waals surface area contributed by atoms with E-state index in [4.69, 9.17) is 4.74 Å². The third-order valence-electron chi connectivity index (χ3n) is 3.89. The van der Waals surface area contributed by atoms with Gasteiger partial charge in [0.1, 0.15) is 4.88 Å². The minimum atomic E-state index is -3.49. The molecule has 0 aliphatic carbocycles. The van der Waals surface area contributed by atoms with Gasteiger partial charge in [0.05, 0.1) is 11.9 Å². The van der Waals surface area contributed by atoms with Gasteiger partial charge >= 0.3 is 5.97 Å². The molecule has 0 spiro atoms. The van der Waals surface area contributed by atoms with Crippen LogP contribution in [-0.4, -0.2) is 50.6 Å². The van der Waals surface area contributed by atoms with Crippen molar-refractivity contribution in [1.29, 1.82) is 0 Å². The number of ether oxygens (including phenoxy) is 1. The molecule has 1 N–H and O–H groups in total. The molecule has 0 radical (unpaired) electrons. The number of likely N-dealkylation sites (tertiary alicyclic amines) is 1. The topological polar surface area (TPSA) is 92.8 Å². The quantitative estimate of drug-likeness (QED) is 0.770. The van der Waals surface area contributed by atoms with E-state index in [1.807, 2.05) is 6.92 Å². The van der Waals surface area contributed by atoms with Crippen molar-refractivity contribution in [1.82, 2.24) is 4.90 Å². The predicted octanol–water partition coefficient (Wildman–Crippen LogP) is 2.07. The van der Waals surface area contributed by atoms with Crippen molar-refractivity contribution < 1.29 is 22.7 Å². The lowest BCUT2D eigenvalue weighted by molar-refractivity contribution is -0.138. The van der Waals surface area contributed by atoms with Gasteiger partial charge < -0.3 is 9.64 Å². The van der Waals surface area contributed by atoms with Gasteiger partial charge in [-0.2, -0.15) is 0 Å². The molecule has 1 aromatic heterocycles. The number of thiophene rings is 1. The lowest BCUT2D eigenvalue weighted by Gasteiger charge is -2.35. The molecule has 2 rings (SSSR count). The summed E-state index contributed by atoms with van der Waals surface area (Å²) in [6, 6.07) is 1.69. The highest BCUT2D eigenvalue weighted by molar-refractivity contribution is 7.92. The number of nitrogens with one attached hydrogen (secondary N) is 1. The second-order valence-electron chi connectivity index (χ2n) is 5.76. The van der Waals surface area contributed by atoms with E-state index in [-0.39, 0.29) is 29.1 Å². The lowest BCUT2D eigenvalue weighted by atomic mass is 10.00. The van der Waals surface area contributed by atoms with Gasteiger partial charge in [-0.3, -0.25) is 9.52 Å². The first-order chi connectivity index (χ1) is 11.3. The Hall–Kier alpha value is -1.61. The molecule has 1 aliphatic heterocycles. The van der Waals surface area contributed by atoms with Crippen LogP contribution in [0.1, 0.15) is 42.3 Å². The second-order valence-corrected chi connectivity index (χ2v) is 8.42. The van der Waals surface area contributed by atoms with E-state index in [2.05, 4.69) is 4.72 Å². The van der Waals surface area contributed by atoms with Crippen LogP contribution in [0, 0.1) is 0 Å². The standard InChI is InChI=1S/C15H22N2O5S2/c1-3-11-6-4-5-8-17(11)13(18)10-22-15(19)14-12(7-9-23-14)16-24(2,20)21/h7,9,11,16H,3-6,8,10H2,1-2H3. The molecule has 134 valence electrons. The third kappa shape index (κ3) is 4.94. The summed E-state index contributed by atoms with van der Waals surface area (Å²) < 4.78 is 30.0. The highest BCUT2D eigenvalue weighted by Gasteiger charge is 2.26. The number of amides is 1. The van der Waals surface area contributed by atoms with E-state index < -0.39 is 16.0 Å². The molecule has 1 unspecified atom stereocenters. The largest absolute Gasteiger partial charge is 0.451 e. The normalized spacial score (nSPS) is 18.2. The smallest absolute Gasteiger partial charge is 0.350 e. The van der Waals surface area contributed by atoms with Crippen molar-refractivity contribution in [2.24, 2.45) is 0 Å². The molecule has 7 nitrogen and oxygen atoms in total. The number of anilines is 1. The van der Waals surface area contributed by atoms with Crippen LogP contribution in [-0.2, 0) is 19.6 Å². The highest BCUT2D eigenvalue weighted by Crippen LogP contribution is 2.24.